The summed E-state index contributed by atoms with van der Waals surface area (Å²) in [5.74, 6) is 0. The highest BCUT2D eigenvalue weighted by molar-refractivity contribution is 6.26. The van der Waals surface area contributed by atoms with Crippen molar-refractivity contribution in [3.05, 3.63) is 169 Å². The van der Waals surface area contributed by atoms with Gasteiger partial charge in [-0.2, -0.15) is 0 Å². The van der Waals surface area contributed by atoms with Gasteiger partial charge < -0.3 is 0 Å². The van der Waals surface area contributed by atoms with Crippen LogP contribution in [0.1, 0.15) is 25.0 Å². The highest BCUT2D eigenvalue weighted by Gasteiger charge is 2.35. The maximum absolute atomic E-state index is 2.47. The molecule has 0 atom stereocenters. The van der Waals surface area contributed by atoms with Crippen molar-refractivity contribution in [3.8, 4) is 33.4 Å². The summed E-state index contributed by atoms with van der Waals surface area (Å²) < 4.78 is 0. The Morgan fingerprint density at radius 3 is 1.53 bits per heavy atom. The molecular formula is C47H32. The van der Waals surface area contributed by atoms with E-state index in [-0.39, 0.29) is 5.41 Å². The number of fused-ring (bicyclic) bond motifs is 12. The highest BCUT2D eigenvalue weighted by atomic mass is 14.4. The largest absolute Gasteiger partial charge is 0.0622 e. The lowest BCUT2D eigenvalue weighted by molar-refractivity contribution is 0.661. The van der Waals surface area contributed by atoms with Crippen molar-refractivity contribution in [2.45, 2.75) is 19.3 Å². The smallest absolute Gasteiger partial charge is 0.0159 e. The molecule has 0 saturated carbocycles. The van der Waals surface area contributed by atoms with Crippen LogP contribution < -0.4 is 0 Å². The summed E-state index contributed by atoms with van der Waals surface area (Å²) >= 11 is 0. The van der Waals surface area contributed by atoms with Gasteiger partial charge in [0.15, 0.2) is 0 Å². The van der Waals surface area contributed by atoms with Crippen molar-refractivity contribution in [2.75, 3.05) is 0 Å². The minimum absolute atomic E-state index is 0.0239. The van der Waals surface area contributed by atoms with E-state index in [0.29, 0.717) is 0 Å². The molecule has 9 aromatic carbocycles. The fourth-order valence-corrected chi connectivity index (χ4v) is 8.38. The molecule has 0 nitrogen and oxygen atoms in total. The molecule has 220 valence electrons. The van der Waals surface area contributed by atoms with Crippen LogP contribution in [0.3, 0.4) is 0 Å². The third-order valence-electron chi connectivity index (χ3n) is 10.8. The molecule has 0 unspecified atom stereocenters. The quantitative estimate of drug-likeness (QED) is 0.174. The first kappa shape index (κ1) is 26.5. The summed E-state index contributed by atoms with van der Waals surface area (Å²) in [5.41, 5.74) is 10.6. The van der Waals surface area contributed by atoms with Crippen molar-refractivity contribution in [3.63, 3.8) is 0 Å². The van der Waals surface area contributed by atoms with Crippen LogP contribution in [0.25, 0.3) is 87.2 Å². The van der Waals surface area contributed by atoms with Gasteiger partial charge in [0.1, 0.15) is 0 Å². The van der Waals surface area contributed by atoms with Crippen LogP contribution in [0.5, 0.6) is 0 Å². The molecule has 0 heterocycles. The lowest BCUT2D eigenvalue weighted by Gasteiger charge is -2.22. The van der Waals surface area contributed by atoms with E-state index in [4.69, 9.17) is 0 Å². The first-order chi connectivity index (χ1) is 23.0. The van der Waals surface area contributed by atoms with E-state index < -0.39 is 0 Å². The molecule has 0 saturated heterocycles. The van der Waals surface area contributed by atoms with Crippen molar-refractivity contribution < 1.29 is 0 Å². The van der Waals surface area contributed by atoms with E-state index in [1.807, 2.05) is 0 Å². The maximum Gasteiger partial charge on any atom is 0.0159 e. The Labute approximate surface area is 274 Å². The molecule has 0 N–H and O–H groups in total. The molecule has 0 spiro atoms. The Morgan fingerprint density at radius 1 is 0.298 bits per heavy atom. The molecule has 0 radical (unpaired) electrons. The van der Waals surface area contributed by atoms with E-state index in [2.05, 4.69) is 172 Å². The van der Waals surface area contributed by atoms with Gasteiger partial charge in [0.05, 0.1) is 0 Å². The summed E-state index contributed by atoms with van der Waals surface area (Å²) in [4.78, 5) is 0. The number of hydrogen-bond acceptors (Lipinski definition) is 0. The van der Waals surface area contributed by atoms with E-state index in [0.717, 1.165) is 0 Å². The minimum atomic E-state index is -0.0239. The molecule has 0 aromatic heterocycles. The fourth-order valence-electron chi connectivity index (χ4n) is 8.38. The average Bonchev–Trinajstić information content (AvgIpc) is 3.36. The predicted octanol–water partition coefficient (Wildman–Crippen LogP) is 13.1. The molecular weight excluding hydrogens is 565 g/mol. The van der Waals surface area contributed by atoms with Crippen LogP contribution in [0.15, 0.2) is 158 Å². The van der Waals surface area contributed by atoms with Gasteiger partial charge in [-0.15, -0.1) is 0 Å². The van der Waals surface area contributed by atoms with Crippen LogP contribution in [0.2, 0.25) is 0 Å². The van der Waals surface area contributed by atoms with Gasteiger partial charge in [-0.1, -0.05) is 141 Å². The molecule has 0 amide bonds. The highest BCUT2D eigenvalue weighted by Crippen LogP contribution is 2.50. The summed E-state index contributed by atoms with van der Waals surface area (Å²) in [7, 11) is 0. The second kappa shape index (κ2) is 9.64. The molecule has 1 aliphatic rings. The molecule has 0 heteroatoms. The molecule has 9 aromatic rings. The van der Waals surface area contributed by atoms with Gasteiger partial charge in [-0.25, -0.2) is 0 Å². The third kappa shape index (κ3) is 3.82. The Balaban J connectivity index is 1.17. The lowest BCUT2D eigenvalue weighted by Crippen LogP contribution is -2.14. The topological polar surface area (TPSA) is 0 Å². The van der Waals surface area contributed by atoms with Gasteiger partial charge in [-0.05, 0) is 129 Å². The van der Waals surface area contributed by atoms with Gasteiger partial charge in [0.2, 0.25) is 0 Å². The van der Waals surface area contributed by atoms with Crippen LogP contribution in [-0.4, -0.2) is 0 Å². The number of rotatable bonds is 2. The summed E-state index contributed by atoms with van der Waals surface area (Å²) in [6.45, 7) is 4.73. The number of benzene rings is 9. The summed E-state index contributed by atoms with van der Waals surface area (Å²) in [5, 5.41) is 13.0. The zero-order valence-corrected chi connectivity index (χ0v) is 26.5. The molecule has 0 bridgehead atoms. The van der Waals surface area contributed by atoms with E-state index >= 15 is 0 Å². The normalized spacial score (nSPS) is 13.5. The van der Waals surface area contributed by atoms with E-state index in [1.165, 1.54) is 98.4 Å². The molecule has 47 heavy (non-hydrogen) atoms. The number of hydrogen-bond donors (Lipinski definition) is 0. The first-order valence-corrected chi connectivity index (χ1v) is 16.6. The molecule has 10 rings (SSSR count). The third-order valence-corrected chi connectivity index (χ3v) is 10.8. The Bertz CT molecular complexity index is 2720. The van der Waals surface area contributed by atoms with Gasteiger partial charge in [-0.3, -0.25) is 0 Å². The molecule has 0 fully saturated rings. The summed E-state index contributed by atoms with van der Waals surface area (Å²) in [6, 6.07) is 59.0. The van der Waals surface area contributed by atoms with Crippen molar-refractivity contribution >= 4 is 53.9 Å². The minimum Gasteiger partial charge on any atom is -0.0622 e. The molecule has 0 aliphatic heterocycles. The second-order valence-electron chi connectivity index (χ2n) is 13.7. The SMILES string of the molecule is CC1(C)c2ccccc2-c2cc3ccc4ccc(-c5ccc6c7ccc(-c8ccccc8)cc7c7ccccc7c6c5)cc4c3cc21. The first-order valence-electron chi connectivity index (χ1n) is 16.6. The van der Waals surface area contributed by atoms with E-state index in [1.54, 1.807) is 0 Å². The Kier molecular flexibility index (Phi) is 5.44. The predicted molar refractivity (Wildman–Crippen MR) is 202 cm³/mol. The average molecular weight is 597 g/mol. The van der Waals surface area contributed by atoms with Crippen LogP contribution in [0.4, 0.5) is 0 Å². The van der Waals surface area contributed by atoms with Crippen LogP contribution >= 0.6 is 0 Å². The zero-order valence-electron chi connectivity index (χ0n) is 26.5. The zero-order chi connectivity index (χ0) is 31.3. The van der Waals surface area contributed by atoms with Crippen molar-refractivity contribution in [1.82, 2.24) is 0 Å². The van der Waals surface area contributed by atoms with Crippen molar-refractivity contribution in [2.24, 2.45) is 0 Å². The van der Waals surface area contributed by atoms with Crippen molar-refractivity contribution in [1.29, 1.82) is 0 Å². The maximum atomic E-state index is 2.47. The Morgan fingerprint density at radius 2 is 0.809 bits per heavy atom. The lowest BCUT2D eigenvalue weighted by atomic mass is 9.81. The van der Waals surface area contributed by atoms with Crippen LogP contribution in [0, 0.1) is 0 Å². The van der Waals surface area contributed by atoms with Gasteiger partial charge >= 0.3 is 0 Å². The van der Waals surface area contributed by atoms with E-state index in [9.17, 15) is 0 Å². The molecule has 1 aliphatic carbocycles. The second-order valence-corrected chi connectivity index (χ2v) is 13.7. The Hall–Kier alpha value is -5.72. The standard InChI is InChI=1S/C47H32/c1-47(2)45-15-9-8-14-39(45)44-27-34-19-17-30-16-18-32(24-40(30)41(34)28-46(44)47)33-21-23-38-37-22-20-31(29-10-4-3-5-11-29)25-42(37)35-12-6-7-13-36(35)43(38)26-33/h3-28H,1-2H3. The monoisotopic (exact) mass is 596 g/mol. The van der Waals surface area contributed by atoms with Crippen LogP contribution in [-0.2, 0) is 5.41 Å². The fraction of sp³-hybridized carbons (Fsp3) is 0.0638. The summed E-state index contributed by atoms with van der Waals surface area (Å²) in [6.07, 6.45) is 0. The van der Waals surface area contributed by atoms with Gasteiger partial charge in [0.25, 0.3) is 0 Å². The van der Waals surface area contributed by atoms with Gasteiger partial charge in [0, 0.05) is 5.41 Å².